The van der Waals surface area contributed by atoms with Crippen LogP contribution in [0.2, 0.25) is 0 Å². The summed E-state index contributed by atoms with van der Waals surface area (Å²) in [5.74, 6) is -0.889. The van der Waals surface area contributed by atoms with E-state index in [1.54, 1.807) is 20.8 Å². The molecule has 5 nitrogen and oxygen atoms in total. The van der Waals surface area contributed by atoms with Gasteiger partial charge < -0.3 is 14.6 Å². The molecule has 0 aliphatic heterocycles. The second-order valence-electron chi connectivity index (χ2n) is 8.91. The molecular weight excluding hydrogens is 392 g/mol. The van der Waals surface area contributed by atoms with Gasteiger partial charge in [0.2, 0.25) is 0 Å². The molecule has 3 aromatic carbocycles. The van der Waals surface area contributed by atoms with Gasteiger partial charge in [-0.2, -0.15) is 0 Å². The number of esters is 2. The molecule has 0 saturated carbocycles. The first kappa shape index (κ1) is 22.8. The maximum atomic E-state index is 13.1. The molecule has 0 spiro atoms. The molecule has 0 radical (unpaired) electrons. The van der Waals surface area contributed by atoms with Crippen LogP contribution in [0, 0.1) is 10.8 Å². The van der Waals surface area contributed by atoms with Crippen LogP contribution in [0.15, 0.2) is 54.6 Å². The minimum Gasteiger partial charge on any atom is -0.460 e. The van der Waals surface area contributed by atoms with E-state index >= 15 is 0 Å². The van der Waals surface area contributed by atoms with Gasteiger partial charge in [0.05, 0.1) is 10.8 Å². The maximum Gasteiger partial charge on any atom is 0.313 e. The van der Waals surface area contributed by atoms with E-state index in [1.165, 1.54) is 0 Å². The molecule has 31 heavy (non-hydrogen) atoms. The number of hydrogen-bond acceptors (Lipinski definition) is 5. The molecule has 0 amide bonds. The van der Waals surface area contributed by atoms with Crippen LogP contribution in [-0.2, 0) is 25.7 Å². The molecule has 0 aromatic heterocycles. The fourth-order valence-corrected chi connectivity index (χ4v) is 4.22. The molecule has 1 unspecified atom stereocenters. The van der Waals surface area contributed by atoms with Crippen molar-refractivity contribution in [1.82, 2.24) is 0 Å². The van der Waals surface area contributed by atoms with Gasteiger partial charge in [-0.15, -0.1) is 0 Å². The Bertz CT molecular complexity index is 1050. The SMILES string of the molecule is CCC(C)(CC(C)(C)C(=O)OCc1c2ccccc2cc2ccccc12)C(=O)OCO. The van der Waals surface area contributed by atoms with Crippen LogP contribution in [0.4, 0.5) is 0 Å². The van der Waals surface area contributed by atoms with Crippen molar-refractivity contribution in [1.29, 1.82) is 0 Å². The summed E-state index contributed by atoms with van der Waals surface area (Å²) in [5, 5.41) is 13.2. The van der Waals surface area contributed by atoms with E-state index in [-0.39, 0.29) is 19.0 Å². The van der Waals surface area contributed by atoms with Crippen molar-refractivity contribution in [3.8, 4) is 0 Å². The Morgan fingerprint density at radius 2 is 1.42 bits per heavy atom. The van der Waals surface area contributed by atoms with E-state index in [1.807, 2.05) is 43.3 Å². The first-order valence-electron chi connectivity index (χ1n) is 10.6. The molecule has 3 aromatic rings. The van der Waals surface area contributed by atoms with Crippen molar-refractivity contribution in [2.45, 2.75) is 47.1 Å². The summed E-state index contributed by atoms with van der Waals surface area (Å²) in [6, 6.07) is 18.3. The van der Waals surface area contributed by atoms with Gasteiger partial charge in [0.25, 0.3) is 0 Å². The number of rotatable bonds is 8. The number of carbonyl (C=O) groups excluding carboxylic acids is 2. The van der Waals surface area contributed by atoms with Crippen LogP contribution < -0.4 is 0 Å². The number of aliphatic hydroxyl groups excluding tert-OH is 1. The Kier molecular flexibility index (Phi) is 6.65. The monoisotopic (exact) mass is 422 g/mol. The third-order valence-corrected chi connectivity index (χ3v) is 6.08. The van der Waals surface area contributed by atoms with Crippen molar-refractivity contribution in [3.05, 3.63) is 60.2 Å². The van der Waals surface area contributed by atoms with E-state index in [9.17, 15) is 9.59 Å². The van der Waals surface area contributed by atoms with E-state index in [0.717, 1.165) is 27.1 Å². The molecule has 0 heterocycles. The third kappa shape index (κ3) is 4.72. The molecular formula is C26H30O5. The Balaban J connectivity index is 1.85. The van der Waals surface area contributed by atoms with Gasteiger partial charge in [0.15, 0.2) is 6.79 Å². The number of carbonyl (C=O) groups is 2. The Morgan fingerprint density at radius 3 is 1.94 bits per heavy atom. The number of ether oxygens (including phenoxy) is 2. The molecule has 0 aliphatic carbocycles. The zero-order valence-electron chi connectivity index (χ0n) is 18.6. The van der Waals surface area contributed by atoms with Crippen molar-refractivity contribution < 1.29 is 24.2 Å². The molecule has 0 fully saturated rings. The normalized spacial score (nSPS) is 13.7. The average Bonchev–Trinajstić information content (AvgIpc) is 2.76. The molecule has 0 saturated heterocycles. The van der Waals surface area contributed by atoms with Crippen molar-refractivity contribution >= 4 is 33.5 Å². The average molecular weight is 423 g/mol. The minimum atomic E-state index is -0.903. The Morgan fingerprint density at radius 1 is 0.871 bits per heavy atom. The second-order valence-corrected chi connectivity index (χ2v) is 8.91. The van der Waals surface area contributed by atoms with Crippen molar-refractivity contribution in [3.63, 3.8) is 0 Å². The lowest BCUT2D eigenvalue weighted by Gasteiger charge is -2.33. The van der Waals surface area contributed by atoms with E-state index in [4.69, 9.17) is 14.6 Å². The van der Waals surface area contributed by atoms with Crippen LogP contribution in [-0.4, -0.2) is 23.8 Å². The summed E-state index contributed by atoms with van der Waals surface area (Å²) in [7, 11) is 0. The lowest BCUT2D eigenvalue weighted by Crippen LogP contribution is -2.38. The molecule has 5 heteroatoms. The summed E-state index contributed by atoms with van der Waals surface area (Å²) in [6.07, 6.45) is 0.737. The summed E-state index contributed by atoms with van der Waals surface area (Å²) in [6.45, 7) is 6.63. The fourth-order valence-electron chi connectivity index (χ4n) is 4.22. The molecule has 0 bridgehead atoms. The van der Waals surface area contributed by atoms with Gasteiger partial charge in [-0.1, -0.05) is 55.5 Å². The van der Waals surface area contributed by atoms with E-state index in [2.05, 4.69) is 18.2 Å². The van der Waals surface area contributed by atoms with E-state index < -0.39 is 23.6 Å². The van der Waals surface area contributed by atoms with Gasteiger partial charge in [0.1, 0.15) is 6.61 Å². The van der Waals surface area contributed by atoms with Crippen LogP contribution >= 0.6 is 0 Å². The highest BCUT2D eigenvalue weighted by Crippen LogP contribution is 2.39. The smallest absolute Gasteiger partial charge is 0.313 e. The van der Waals surface area contributed by atoms with Crippen LogP contribution in [0.1, 0.15) is 46.1 Å². The summed E-state index contributed by atoms with van der Waals surface area (Å²) < 4.78 is 10.6. The maximum absolute atomic E-state index is 13.1. The number of benzene rings is 3. The summed E-state index contributed by atoms with van der Waals surface area (Å²) >= 11 is 0. The lowest BCUT2D eigenvalue weighted by atomic mass is 9.72. The molecule has 0 aliphatic rings. The predicted octanol–water partition coefficient (Wildman–Crippen LogP) is 5.36. The van der Waals surface area contributed by atoms with Crippen LogP contribution in [0.5, 0.6) is 0 Å². The lowest BCUT2D eigenvalue weighted by molar-refractivity contribution is -0.169. The zero-order valence-corrected chi connectivity index (χ0v) is 18.6. The largest absolute Gasteiger partial charge is 0.460 e. The number of hydrogen-bond donors (Lipinski definition) is 1. The second kappa shape index (κ2) is 9.06. The standard InChI is InChI=1S/C26H30O5/c1-5-26(4,24(29)31-17-27)16-25(2,3)23(28)30-15-22-20-12-8-6-10-18(20)14-19-11-7-9-13-21(19)22/h6-14,27H,5,15-17H2,1-4H3. The number of aliphatic hydroxyl groups is 1. The third-order valence-electron chi connectivity index (χ3n) is 6.08. The molecule has 164 valence electrons. The topological polar surface area (TPSA) is 72.8 Å². The van der Waals surface area contributed by atoms with Crippen molar-refractivity contribution in [2.75, 3.05) is 6.79 Å². The highest BCUT2D eigenvalue weighted by atomic mass is 16.6. The van der Waals surface area contributed by atoms with Gasteiger partial charge in [-0.3, -0.25) is 9.59 Å². The van der Waals surface area contributed by atoms with Crippen LogP contribution in [0.3, 0.4) is 0 Å². The van der Waals surface area contributed by atoms with Gasteiger partial charge >= 0.3 is 11.9 Å². The van der Waals surface area contributed by atoms with Gasteiger partial charge in [-0.25, -0.2) is 0 Å². The zero-order chi connectivity index (χ0) is 22.6. The van der Waals surface area contributed by atoms with Crippen LogP contribution in [0.25, 0.3) is 21.5 Å². The first-order chi connectivity index (χ1) is 14.7. The highest BCUT2D eigenvalue weighted by Gasteiger charge is 2.43. The molecule has 1 N–H and O–H groups in total. The number of fused-ring (bicyclic) bond motifs is 2. The first-order valence-corrected chi connectivity index (χ1v) is 10.6. The fraction of sp³-hybridized carbons (Fsp3) is 0.385. The Labute approximate surface area is 183 Å². The Hall–Kier alpha value is -2.92. The molecule has 1 atom stereocenters. The van der Waals surface area contributed by atoms with Gasteiger partial charge in [-0.05, 0) is 61.2 Å². The minimum absolute atomic E-state index is 0.147. The summed E-state index contributed by atoms with van der Waals surface area (Å²) in [4.78, 5) is 25.4. The predicted molar refractivity (Wildman–Crippen MR) is 121 cm³/mol. The quantitative estimate of drug-likeness (QED) is 0.300. The van der Waals surface area contributed by atoms with E-state index in [0.29, 0.717) is 6.42 Å². The van der Waals surface area contributed by atoms with Crippen molar-refractivity contribution in [2.24, 2.45) is 10.8 Å². The highest BCUT2D eigenvalue weighted by molar-refractivity contribution is 6.02. The summed E-state index contributed by atoms with van der Waals surface area (Å²) in [5.41, 5.74) is -0.826. The molecule has 3 rings (SSSR count). The van der Waals surface area contributed by atoms with Gasteiger partial charge in [0, 0.05) is 5.56 Å².